The van der Waals surface area contributed by atoms with Crippen LogP contribution in [-0.2, 0) is 6.54 Å². The first-order valence-electron chi connectivity index (χ1n) is 6.44. The van der Waals surface area contributed by atoms with Gasteiger partial charge in [0, 0.05) is 5.56 Å². The maximum Gasteiger partial charge on any atom is 0.127 e. The molecule has 0 bridgehead atoms. The highest BCUT2D eigenvalue weighted by atomic mass is 15.0. The molecule has 0 fully saturated rings. The minimum Gasteiger partial charge on any atom is -0.324 e. The van der Waals surface area contributed by atoms with Gasteiger partial charge in [-0.15, -0.1) is 0 Å². The summed E-state index contributed by atoms with van der Waals surface area (Å²) < 4.78 is 2.14. The van der Waals surface area contributed by atoms with E-state index in [0.29, 0.717) is 6.54 Å². The SMILES string of the molecule is Cc1ccc(C)c(-c2cccc3cnc(CN)n23)c1. The third-order valence-electron chi connectivity index (χ3n) is 3.48. The van der Waals surface area contributed by atoms with Gasteiger partial charge < -0.3 is 5.73 Å². The zero-order chi connectivity index (χ0) is 13.4. The van der Waals surface area contributed by atoms with Gasteiger partial charge in [0.15, 0.2) is 0 Å². The molecule has 96 valence electrons. The maximum atomic E-state index is 5.79. The van der Waals surface area contributed by atoms with Gasteiger partial charge in [-0.3, -0.25) is 4.40 Å². The van der Waals surface area contributed by atoms with Crippen LogP contribution >= 0.6 is 0 Å². The van der Waals surface area contributed by atoms with E-state index in [1.54, 1.807) is 0 Å². The van der Waals surface area contributed by atoms with Gasteiger partial charge in [-0.05, 0) is 37.6 Å². The molecular weight excluding hydrogens is 234 g/mol. The van der Waals surface area contributed by atoms with Crippen molar-refractivity contribution < 1.29 is 0 Å². The van der Waals surface area contributed by atoms with E-state index in [4.69, 9.17) is 5.73 Å². The average Bonchev–Trinajstić information content (AvgIpc) is 2.84. The first-order chi connectivity index (χ1) is 9.20. The molecule has 2 heterocycles. The molecule has 19 heavy (non-hydrogen) atoms. The number of aryl methyl sites for hydroxylation is 2. The van der Waals surface area contributed by atoms with Crippen LogP contribution < -0.4 is 5.73 Å². The van der Waals surface area contributed by atoms with Crippen molar-refractivity contribution in [3.05, 3.63) is 59.5 Å². The molecule has 2 aromatic heterocycles. The van der Waals surface area contributed by atoms with E-state index in [9.17, 15) is 0 Å². The number of nitrogens with two attached hydrogens (primary N) is 1. The Morgan fingerprint density at radius 1 is 1.16 bits per heavy atom. The van der Waals surface area contributed by atoms with Crippen molar-refractivity contribution >= 4 is 5.52 Å². The van der Waals surface area contributed by atoms with Gasteiger partial charge in [0.2, 0.25) is 0 Å². The second-order valence-corrected chi connectivity index (χ2v) is 4.87. The molecule has 0 aliphatic rings. The van der Waals surface area contributed by atoms with Gasteiger partial charge >= 0.3 is 0 Å². The largest absolute Gasteiger partial charge is 0.324 e. The van der Waals surface area contributed by atoms with Gasteiger partial charge in [-0.1, -0.05) is 23.8 Å². The van der Waals surface area contributed by atoms with Crippen molar-refractivity contribution in [2.45, 2.75) is 20.4 Å². The highest BCUT2D eigenvalue weighted by Crippen LogP contribution is 2.26. The zero-order valence-corrected chi connectivity index (χ0v) is 11.2. The molecule has 0 saturated heterocycles. The predicted molar refractivity (Wildman–Crippen MR) is 78.0 cm³/mol. The van der Waals surface area contributed by atoms with Crippen LogP contribution in [0.15, 0.2) is 42.6 Å². The Morgan fingerprint density at radius 2 is 2.00 bits per heavy atom. The monoisotopic (exact) mass is 251 g/mol. The van der Waals surface area contributed by atoms with E-state index in [0.717, 1.165) is 17.0 Å². The average molecular weight is 251 g/mol. The van der Waals surface area contributed by atoms with Gasteiger partial charge in [0.25, 0.3) is 0 Å². The van der Waals surface area contributed by atoms with Crippen LogP contribution in [-0.4, -0.2) is 9.38 Å². The van der Waals surface area contributed by atoms with Crippen LogP contribution in [0.25, 0.3) is 16.8 Å². The molecule has 0 spiro atoms. The Morgan fingerprint density at radius 3 is 2.79 bits per heavy atom. The zero-order valence-electron chi connectivity index (χ0n) is 11.2. The Balaban J connectivity index is 2.35. The molecule has 1 aromatic carbocycles. The van der Waals surface area contributed by atoms with E-state index in [-0.39, 0.29) is 0 Å². The number of hydrogen-bond donors (Lipinski definition) is 1. The van der Waals surface area contributed by atoms with Crippen molar-refractivity contribution in [2.75, 3.05) is 0 Å². The highest BCUT2D eigenvalue weighted by molar-refractivity contribution is 5.69. The van der Waals surface area contributed by atoms with Crippen molar-refractivity contribution in [2.24, 2.45) is 5.73 Å². The summed E-state index contributed by atoms with van der Waals surface area (Å²) in [4.78, 5) is 4.39. The molecule has 0 amide bonds. The summed E-state index contributed by atoms with van der Waals surface area (Å²) in [7, 11) is 0. The molecule has 0 aliphatic heterocycles. The summed E-state index contributed by atoms with van der Waals surface area (Å²) in [5, 5.41) is 0. The van der Waals surface area contributed by atoms with Gasteiger partial charge in [-0.2, -0.15) is 0 Å². The summed E-state index contributed by atoms with van der Waals surface area (Å²) in [5.74, 6) is 0.895. The standard InChI is InChI=1S/C16H17N3/c1-11-6-7-12(2)14(8-11)15-5-3-4-13-10-18-16(9-17)19(13)15/h3-8,10H,9,17H2,1-2H3. The van der Waals surface area contributed by atoms with Crippen LogP contribution in [0.1, 0.15) is 17.0 Å². The quantitative estimate of drug-likeness (QED) is 0.760. The Hall–Kier alpha value is -2.13. The number of rotatable bonds is 2. The summed E-state index contributed by atoms with van der Waals surface area (Å²) >= 11 is 0. The second-order valence-electron chi connectivity index (χ2n) is 4.87. The fraction of sp³-hybridized carbons (Fsp3) is 0.188. The first-order valence-corrected chi connectivity index (χ1v) is 6.44. The van der Waals surface area contributed by atoms with Crippen molar-refractivity contribution in [1.82, 2.24) is 9.38 Å². The fourth-order valence-corrected chi connectivity index (χ4v) is 2.48. The number of pyridine rings is 1. The molecule has 0 unspecified atom stereocenters. The van der Waals surface area contributed by atoms with Crippen LogP contribution in [0.4, 0.5) is 0 Å². The number of aromatic nitrogens is 2. The van der Waals surface area contributed by atoms with Crippen LogP contribution in [0.5, 0.6) is 0 Å². The summed E-state index contributed by atoms with van der Waals surface area (Å²) in [6.07, 6.45) is 1.87. The fourth-order valence-electron chi connectivity index (χ4n) is 2.48. The number of hydrogen-bond acceptors (Lipinski definition) is 2. The molecule has 3 nitrogen and oxygen atoms in total. The lowest BCUT2D eigenvalue weighted by molar-refractivity contribution is 0.907. The minimum absolute atomic E-state index is 0.441. The first kappa shape index (κ1) is 11.9. The van der Waals surface area contributed by atoms with E-state index in [1.807, 2.05) is 6.20 Å². The molecular formula is C16H17N3. The molecule has 0 saturated carbocycles. The topological polar surface area (TPSA) is 43.3 Å². The van der Waals surface area contributed by atoms with Crippen LogP contribution in [0.3, 0.4) is 0 Å². The second kappa shape index (κ2) is 4.52. The predicted octanol–water partition coefficient (Wildman–Crippen LogP) is 3.08. The van der Waals surface area contributed by atoms with Crippen molar-refractivity contribution in [3.8, 4) is 11.3 Å². The van der Waals surface area contributed by atoms with E-state index >= 15 is 0 Å². The number of fused-ring (bicyclic) bond motifs is 1. The highest BCUT2D eigenvalue weighted by Gasteiger charge is 2.10. The smallest absolute Gasteiger partial charge is 0.127 e. The Kier molecular flexibility index (Phi) is 2.84. The minimum atomic E-state index is 0.441. The van der Waals surface area contributed by atoms with Crippen molar-refractivity contribution in [3.63, 3.8) is 0 Å². The molecule has 3 heteroatoms. The van der Waals surface area contributed by atoms with E-state index in [1.165, 1.54) is 16.7 Å². The number of nitrogens with zero attached hydrogens (tertiary/aromatic N) is 2. The van der Waals surface area contributed by atoms with Crippen LogP contribution in [0, 0.1) is 13.8 Å². The third-order valence-corrected chi connectivity index (χ3v) is 3.48. The van der Waals surface area contributed by atoms with Crippen molar-refractivity contribution in [1.29, 1.82) is 0 Å². The van der Waals surface area contributed by atoms with E-state index in [2.05, 4.69) is 59.6 Å². The molecule has 0 atom stereocenters. The summed E-state index contributed by atoms with van der Waals surface area (Å²) in [6.45, 7) is 4.68. The lowest BCUT2D eigenvalue weighted by Gasteiger charge is -2.11. The third kappa shape index (κ3) is 1.92. The molecule has 3 rings (SSSR count). The molecule has 0 aliphatic carbocycles. The summed E-state index contributed by atoms with van der Waals surface area (Å²) in [5.41, 5.74) is 11.8. The van der Waals surface area contributed by atoms with Gasteiger partial charge in [-0.25, -0.2) is 4.98 Å². The molecule has 2 N–H and O–H groups in total. The lowest BCUT2D eigenvalue weighted by Crippen LogP contribution is -2.05. The lowest BCUT2D eigenvalue weighted by atomic mass is 10.0. The Labute approximate surface area is 112 Å². The van der Waals surface area contributed by atoms with Gasteiger partial charge in [0.05, 0.1) is 24.0 Å². The summed E-state index contributed by atoms with van der Waals surface area (Å²) in [6, 6.07) is 12.7. The van der Waals surface area contributed by atoms with Gasteiger partial charge in [0.1, 0.15) is 5.82 Å². The molecule has 3 aromatic rings. The number of benzene rings is 1. The normalized spacial score (nSPS) is 11.1. The Bertz CT molecular complexity index is 741. The maximum absolute atomic E-state index is 5.79. The number of imidazole rings is 1. The molecule has 0 radical (unpaired) electrons. The van der Waals surface area contributed by atoms with Crippen LogP contribution in [0.2, 0.25) is 0 Å². The van der Waals surface area contributed by atoms with E-state index < -0.39 is 0 Å².